The van der Waals surface area contributed by atoms with E-state index in [2.05, 4.69) is 32.6 Å². The van der Waals surface area contributed by atoms with Crippen LogP contribution in [0.1, 0.15) is 66.2 Å². The van der Waals surface area contributed by atoms with Gasteiger partial charge in [0.1, 0.15) is 0 Å². The molecule has 1 aliphatic heterocycles. The zero-order chi connectivity index (χ0) is 16.0. The van der Waals surface area contributed by atoms with Gasteiger partial charge in [-0.25, -0.2) is 0 Å². The Labute approximate surface area is 136 Å². The molecule has 5 atom stereocenters. The molecule has 0 aromatic heterocycles. The first-order valence-corrected chi connectivity index (χ1v) is 9.36. The van der Waals surface area contributed by atoms with E-state index in [1.165, 1.54) is 38.5 Å². The van der Waals surface area contributed by atoms with E-state index in [1.54, 1.807) is 0 Å². The van der Waals surface area contributed by atoms with Crippen molar-refractivity contribution in [2.75, 3.05) is 19.7 Å². The number of rotatable bonds is 5. The molecule has 22 heavy (non-hydrogen) atoms. The van der Waals surface area contributed by atoms with Crippen LogP contribution in [0.5, 0.6) is 0 Å². The van der Waals surface area contributed by atoms with Crippen LogP contribution in [-0.2, 0) is 4.74 Å². The summed E-state index contributed by atoms with van der Waals surface area (Å²) < 4.78 is 6.32. The van der Waals surface area contributed by atoms with Crippen molar-refractivity contribution in [3.63, 3.8) is 0 Å². The number of fused-ring (bicyclic) bond motifs is 2. The van der Waals surface area contributed by atoms with E-state index in [0.29, 0.717) is 24.2 Å². The lowest BCUT2D eigenvalue weighted by molar-refractivity contribution is -0.114. The average molecular weight is 309 g/mol. The molecule has 3 aliphatic rings. The summed E-state index contributed by atoms with van der Waals surface area (Å²) in [6.07, 6.45) is 7.80. The van der Waals surface area contributed by atoms with Gasteiger partial charge in [0.15, 0.2) is 0 Å². The van der Waals surface area contributed by atoms with Crippen LogP contribution in [-0.4, -0.2) is 48.0 Å². The molecule has 2 bridgehead atoms. The normalized spacial score (nSPS) is 42.7. The minimum atomic E-state index is -0.348. The molecule has 0 radical (unpaired) electrons. The fourth-order valence-electron chi connectivity index (χ4n) is 5.63. The van der Waals surface area contributed by atoms with E-state index in [0.717, 1.165) is 19.0 Å². The number of ether oxygens (including phenoxy) is 1. The van der Waals surface area contributed by atoms with Crippen molar-refractivity contribution in [3.05, 3.63) is 0 Å². The first kappa shape index (κ1) is 16.7. The summed E-state index contributed by atoms with van der Waals surface area (Å²) in [5.74, 6) is 0.807. The van der Waals surface area contributed by atoms with Gasteiger partial charge in [0.2, 0.25) is 0 Å². The maximum Gasteiger partial charge on any atom is 0.0900 e. The van der Waals surface area contributed by atoms with Gasteiger partial charge in [-0.3, -0.25) is 4.90 Å². The van der Waals surface area contributed by atoms with Gasteiger partial charge in [-0.15, -0.1) is 0 Å². The van der Waals surface area contributed by atoms with Crippen LogP contribution in [0.25, 0.3) is 0 Å². The van der Waals surface area contributed by atoms with Gasteiger partial charge in [0.25, 0.3) is 0 Å². The number of hydrogen-bond acceptors (Lipinski definition) is 3. The smallest absolute Gasteiger partial charge is 0.0900 e. The number of aliphatic hydroxyl groups is 1. The van der Waals surface area contributed by atoms with Crippen LogP contribution in [0.15, 0.2) is 0 Å². The largest absolute Gasteiger partial charge is 0.389 e. The Morgan fingerprint density at radius 1 is 1.23 bits per heavy atom. The summed E-state index contributed by atoms with van der Waals surface area (Å²) in [5.41, 5.74) is 0.609. The molecule has 1 saturated heterocycles. The second kappa shape index (κ2) is 6.07. The molecular weight excluding hydrogens is 274 g/mol. The van der Waals surface area contributed by atoms with Gasteiger partial charge >= 0.3 is 0 Å². The lowest BCUT2D eigenvalue weighted by Gasteiger charge is -2.43. The van der Waals surface area contributed by atoms with Crippen LogP contribution >= 0.6 is 0 Å². The number of hydrogen-bond donors (Lipinski definition) is 1. The SMILES string of the molecule is CC1CCCCN1CC(O)COC1C2(C)CCC(C2)C1(C)C. The van der Waals surface area contributed by atoms with Gasteiger partial charge in [-0.2, -0.15) is 0 Å². The number of β-amino-alcohol motifs (C(OH)–C–C–N with tert-alkyl or cyclic N) is 1. The fraction of sp³-hybridized carbons (Fsp3) is 1.00. The van der Waals surface area contributed by atoms with Crippen molar-refractivity contribution >= 4 is 0 Å². The predicted octanol–water partition coefficient (Wildman–Crippen LogP) is 3.45. The summed E-state index contributed by atoms with van der Waals surface area (Å²) in [5, 5.41) is 10.4. The molecule has 0 spiro atoms. The lowest BCUT2D eigenvalue weighted by Crippen LogP contribution is -2.46. The maximum absolute atomic E-state index is 10.4. The van der Waals surface area contributed by atoms with Gasteiger partial charge < -0.3 is 9.84 Å². The van der Waals surface area contributed by atoms with Crippen molar-refractivity contribution < 1.29 is 9.84 Å². The van der Waals surface area contributed by atoms with Gasteiger partial charge in [0, 0.05) is 12.6 Å². The Kier molecular flexibility index (Phi) is 4.61. The van der Waals surface area contributed by atoms with E-state index in [1.807, 2.05) is 0 Å². The van der Waals surface area contributed by atoms with Crippen molar-refractivity contribution in [3.8, 4) is 0 Å². The van der Waals surface area contributed by atoms with Crippen LogP contribution < -0.4 is 0 Å². The zero-order valence-electron chi connectivity index (χ0n) is 15.0. The molecular formula is C19H35NO2. The first-order chi connectivity index (χ1) is 10.3. The van der Waals surface area contributed by atoms with E-state index in [-0.39, 0.29) is 11.5 Å². The second-order valence-corrected chi connectivity index (χ2v) is 9.12. The Morgan fingerprint density at radius 3 is 2.64 bits per heavy atom. The van der Waals surface area contributed by atoms with Crippen LogP contribution in [0.4, 0.5) is 0 Å². The standard InChI is InChI=1S/C19H35NO2/c1-14-7-5-6-10-20(14)12-16(21)13-22-17-18(2,3)15-8-9-19(17,4)11-15/h14-17,21H,5-13H2,1-4H3. The highest BCUT2D eigenvalue weighted by molar-refractivity contribution is 5.09. The van der Waals surface area contributed by atoms with Crippen LogP contribution in [0.2, 0.25) is 0 Å². The molecule has 3 fully saturated rings. The molecule has 2 aliphatic carbocycles. The van der Waals surface area contributed by atoms with Crippen molar-refractivity contribution in [1.29, 1.82) is 0 Å². The summed E-state index contributed by atoms with van der Waals surface area (Å²) in [6.45, 7) is 11.8. The van der Waals surface area contributed by atoms with E-state index >= 15 is 0 Å². The van der Waals surface area contributed by atoms with Crippen LogP contribution in [0, 0.1) is 16.7 Å². The molecule has 0 amide bonds. The van der Waals surface area contributed by atoms with E-state index < -0.39 is 0 Å². The Hall–Kier alpha value is -0.120. The van der Waals surface area contributed by atoms with Crippen molar-refractivity contribution in [2.24, 2.45) is 16.7 Å². The monoisotopic (exact) mass is 309 g/mol. The summed E-state index contributed by atoms with van der Waals surface area (Å²) >= 11 is 0. The van der Waals surface area contributed by atoms with E-state index in [4.69, 9.17) is 4.74 Å². The average Bonchev–Trinajstić information content (AvgIpc) is 2.92. The van der Waals surface area contributed by atoms with Gasteiger partial charge in [0.05, 0.1) is 18.8 Å². The van der Waals surface area contributed by atoms with E-state index in [9.17, 15) is 5.11 Å². The Balaban J connectivity index is 1.51. The number of piperidine rings is 1. The molecule has 3 rings (SSSR count). The molecule has 3 nitrogen and oxygen atoms in total. The molecule has 3 heteroatoms. The molecule has 128 valence electrons. The topological polar surface area (TPSA) is 32.7 Å². The number of aliphatic hydroxyl groups excluding tert-OH is 1. The van der Waals surface area contributed by atoms with Crippen LogP contribution in [0.3, 0.4) is 0 Å². The molecule has 0 aromatic carbocycles. The quantitative estimate of drug-likeness (QED) is 0.844. The second-order valence-electron chi connectivity index (χ2n) is 9.12. The van der Waals surface area contributed by atoms with Crippen molar-refractivity contribution in [1.82, 2.24) is 4.90 Å². The molecule has 5 unspecified atom stereocenters. The Morgan fingerprint density at radius 2 is 2.00 bits per heavy atom. The summed E-state index contributed by atoms with van der Waals surface area (Å²) in [4.78, 5) is 2.44. The highest BCUT2D eigenvalue weighted by Gasteiger charge is 2.60. The fourth-order valence-corrected chi connectivity index (χ4v) is 5.63. The third-order valence-corrected chi connectivity index (χ3v) is 6.98. The zero-order valence-corrected chi connectivity index (χ0v) is 15.0. The maximum atomic E-state index is 10.4. The summed E-state index contributed by atoms with van der Waals surface area (Å²) in [6, 6.07) is 0.611. The molecule has 1 heterocycles. The minimum absolute atomic E-state index is 0.269. The number of nitrogens with zero attached hydrogens (tertiary/aromatic N) is 1. The van der Waals surface area contributed by atoms with Crippen molar-refractivity contribution in [2.45, 2.75) is 84.5 Å². The molecule has 0 aromatic rings. The highest BCUT2D eigenvalue weighted by Crippen LogP contribution is 2.63. The predicted molar refractivity (Wildman–Crippen MR) is 89.9 cm³/mol. The molecule has 2 saturated carbocycles. The lowest BCUT2D eigenvalue weighted by atomic mass is 9.70. The number of likely N-dealkylation sites (tertiary alicyclic amines) is 1. The molecule has 1 N–H and O–H groups in total. The minimum Gasteiger partial charge on any atom is -0.389 e. The highest BCUT2D eigenvalue weighted by atomic mass is 16.5. The third kappa shape index (κ3) is 2.97. The van der Waals surface area contributed by atoms with Gasteiger partial charge in [-0.1, -0.05) is 27.2 Å². The van der Waals surface area contributed by atoms with Gasteiger partial charge in [-0.05, 0) is 62.3 Å². The third-order valence-electron chi connectivity index (χ3n) is 6.98. The summed E-state index contributed by atoms with van der Waals surface area (Å²) in [7, 11) is 0. The Bertz CT molecular complexity index is 392. The first-order valence-electron chi connectivity index (χ1n) is 9.36.